The summed E-state index contributed by atoms with van der Waals surface area (Å²) in [5.74, 6) is 0. The number of nitrogens with zero attached hydrogens (tertiary/aromatic N) is 2. The van der Waals surface area contributed by atoms with Crippen LogP contribution in [0.15, 0.2) is 76.8 Å². The number of pyridine rings is 1. The second-order valence-electron chi connectivity index (χ2n) is 5.63. The van der Waals surface area contributed by atoms with E-state index >= 15 is 0 Å². The zero-order valence-corrected chi connectivity index (χ0v) is 14.0. The molecule has 1 N–H and O–H groups in total. The predicted molar refractivity (Wildman–Crippen MR) is 103 cm³/mol. The number of benzene rings is 2. The van der Waals surface area contributed by atoms with E-state index in [9.17, 15) is 0 Å². The number of aliphatic imine (C=N–C) groups is 1. The molecular formula is C20H17N3S. The van der Waals surface area contributed by atoms with Crippen molar-refractivity contribution in [3.05, 3.63) is 82.9 Å². The molecule has 4 heteroatoms. The first-order valence-corrected chi connectivity index (χ1v) is 8.74. The number of thioether (sulfide) groups is 1. The minimum atomic E-state index is 0.713. The Morgan fingerprint density at radius 1 is 1.08 bits per heavy atom. The summed E-state index contributed by atoms with van der Waals surface area (Å²) in [5.41, 5.74) is 3.46. The van der Waals surface area contributed by atoms with E-state index in [0.717, 1.165) is 17.2 Å². The van der Waals surface area contributed by atoms with Gasteiger partial charge in [0.05, 0.1) is 12.1 Å². The number of aromatic nitrogens is 1. The zero-order chi connectivity index (χ0) is 16.2. The van der Waals surface area contributed by atoms with Gasteiger partial charge in [0.15, 0.2) is 5.17 Å². The van der Waals surface area contributed by atoms with Crippen molar-refractivity contribution in [3.8, 4) is 0 Å². The Bertz CT molecular complexity index is 916. The average molecular weight is 331 g/mol. The third kappa shape index (κ3) is 3.49. The lowest BCUT2D eigenvalue weighted by Crippen LogP contribution is -2.12. The Labute approximate surface area is 145 Å². The van der Waals surface area contributed by atoms with Crippen LogP contribution in [0.3, 0.4) is 0 Å². The van der Waals surface area contributed by atoms with Crippen LogP contribution in [-0.2, 0) is 6.54 Å². The average Bonchev–Trinajstić information content (AvgIpc) is 3.08. The summed E-state index contributed by atoms with van der Waals surface area (Å²) in [6, 6.07) is 20.7. The fourth-order valence-electron chi connectivity index (χ4n) is 2.64. The molecule has 0 radical (unpaired) electrons. The summed E-state index contributed by atoms with van der Waals surface area (Å²) in [7, 11) is 0. The molecule has 3 nitrogen and oxygen atoms in total. The van der Waals surface area contributed by atoms with Crippen LogP contribution in [0, 0.1) is 0 Å². The van der Waals surface area contributed by atoms with Crippen LogP contribution in [0.1, 0.15) is 11.1 Å². The number of nitrogens with one attached hydrogen (secondary N) is 1. The molecule has 1 saturated heterocycles. The van der Waals surface area contributed by atoms with E-state index in [2.05, 4.69) is 57.8 Å². The van der Waals surface area contributed by atoms with Crippen molar-refractivity contribution in [3.63, 3.8) is 0 Å². The van der Waals surface area contributed by atoms with Crippen LogP contribution < -0.4 is 5.32 Å². The summed E-state index contributed by atoms with van der Waals surface area (Å²) < 4.78 is 0. The Hall–Kier alpha value is -2.59. The van der Waals surface area contributed by atoms with Crippen LogP contribution in [0.5, 0.6) is 0 Å². The number of fused-ring (bicyclic) bond motifs is 1. The molecule has 0 atom stereocenters. The van der Waals surface area contributed by atoms with Crippen molar-refractivity contribution >= 4 is 33.9 Å². The largest absolute Gasteiger partial charge is 0.360 e. The highest BCUT2D eigenvalue weighted by atomic mass is 32.2. The van der Waals surface area contributed by atoms with Crippen LogP contribution >= 0.6 is 11.8 Å². The number of hydrogen-bond donors (Lipinski definition) is 1. The van der Waals surface area contributed by atoms with Gasteiger partial charge < -0.3 is 5.32 Å². The van der Waals surface area contributed by atoms with Crippen LogP contribution in [0.25, 0.3) is 17.0 Å². The maximum Gasteiger partial charge on any atom is 0.161 e. The Balaban J connectivity index is 1.48. The van der Waals surface area contributed by atoms with Gasteiger partial charge in [0.1, 0.15) is 0 Å². The molecule has 1 aliphatic rings. The SMILES string of the molecule is C(=C1CNC(=NCc2ccccc2)S1)c1ccc2ncccc2c1. The molecule has 0 saturated carbocycles. The smallest absolute Gasteiger partial charge is 0.161 e. The normalized spacial score (nSPS) is 17.5. The molecule has 24 heavy (non-hydrogen) atoms. The minimum absolute atomic E-state index is 0.713. The van der Waals surface area contributed by atoms with E-state index in [-0.39, 0.29) is 0 Å². The highest BCUT2D eigenvalue weighted by Crippen LogP contribution is 2.26. The van der Waals surface area contributed by atoms with Gasteiger partial charge in [0, 0.05) is 23.0 Å². The van der Waals surface area contributed by atoms with Gasteiger partial charge >= 0.3 is 0 Å². The van der Waals surface area contributed by atoms with E-state index in [4.69, 9.17) is 0 Å². The molecule has 0 unspecified atom stereocenters. The van der Waals surface area contributed by atoms with E-state index < -0.39 is 0 Å². The van der Waals surface area contributed by atoms with Crippen LogP contribution in [0.4, 0.5) is 0 Å². The zero-order valence-electron chi connectivity index (χ0n) is 13.1. The molecule has 1 fully saturated rings. The van der Waals surface area contributed by atoms with Gasteiger partial charge in [-0.3, -0.25) is 9.98 Å². The van der Waals surface area contributed by atoms with Crippen molar-refractivity contribution in [2.24, 2.45) is 4.99 Å². The summed E-state index contributed by atoms with van der Waals surface area (Å²) >= 11 is 1.71. The first kappa shape index (κ1) is 15.0. The maximum atomic E-state index is 4.65. The highest BCUT2D eigenvalue weighted by Gasteiger charge is 2.13. The summed E-state index contributed by atoms with van der Waals surface area (Å²) in [6.07, 6.45) is 4.04. The molecule has 118 valence electrons. The van der Waals surface area contributed by atoms with Gasteiger partial charge in [-0.2, -0.15) is 0 Å². The summed E-state index contributed by atoms with van der Waals surface area (Å²) in [6.45, 7) is 1.55. The van der Waals surface area contributed by atoms with Gasteiger partial charge in [-0.1, -0.05) is 54.2 Å². The third-order valence-corrected chi connectivity index (χ3v) is 4.84. The second kappa shape index (κ2) is 6.89. The standard InChI is InChI=1S/C20H17N3S/c1-2-5-15(6-3-1)13-22-20-23-14-18(24-20)12-16-8-9-19-17(11-16)7-4-10-21-19/h1-12H,13-14H2,(H,22,23). The van der Waals surface area contributed by atoms with Gasteiger partial charge in [-0.15, -0.1) is 0 Å². The molecular weight excluding hydrogens is 314 g/mol. The van der Waals surface area contributed by atoms with Crippen molar-refractivity contribution in [1.82, 2.24) is 10.3 Å². The second-order valence-corrected chi connectivity index (χ2v) is 6.74. The van der Waals surface area contributed by atoms with Gasteiger partial charge in [0.25, 0.3) is 0 Å². The molecule has 0 amide bonds. The summed E-state index contributed by atoms with van der Waals surface area (Å²) in [4.78, 5) is 10.3. The van der Waals surface area contributed by atoms with Crippen LogP contribution in [-0.4, -0.2) is 16.7 Å². The fourth-order valence-corrected chi connectivity index (χ4v) is 3.51. The minimum Gasteiger partial charge on any atom is -0.360 e. The first-order valence-electron chi connectivity index (χ1n) is 7.92. The third-order valence-electron chi connectivity index (χ3n) is 3.84. The van der Waals surface area contributed by atoms with Crippen LogP contribution in [0.2, 0.25) is 0 Å². The highest BCUT2D eigenvalue weighted by molar-refractivity contribution is 8.17. The number of amidine groups is 1. The van der Waals surface area contributed by atoms with Crippen molar-refractivity contribution < 1.29 is 0 Å². The van der Waals surface area contributed by atoms with Gasteiger partial charge in [0.2, 0.25) is 0 Å². The predicted octanol–water partition coefficient (Wildman–Crippen LogP) is 4.47. The van der Waals surface area contributed by atoms with E-state index in [1.165, 1.54) is 21.4 Å². The van der Waals surface area contributed by atoms with E-state index in [0.29, 0.717) is 6.54 Å². The summed E-state index contributed by atoms with van der Waals surface area (Å²) in [5, 5.41) is 5.53. The lowest BCUT2D eigenvalue weighted by atomic mass is 10.1. The Kier molecular flexibility index (Phi) is 4.30. The topological polar surface area (TPSA) is 37.3 Å². The quantitative estimate of drug-likeness (QED) is 0.769. The molecule has 0 bridgehead atoms. The fraction of sp³-hybridized carbons (Fsp3) is 0.100. The van der Waals surface area contributed by atoms with E-state index in [1.54, 1.807) is 11.8 Å². The molecule has 2 heterocycles. The molecule has 1 aromatic heterocycles. The van der Waals surface area contributed by atoms with Gasteiger partial charge in [-0.25, -0.2) is 0 Å². The lowest BCUT2D eigenvalue weighted by molar-refractivity contribution is 1.01. The van der Waals surface area contributed by atoms with Crippen molar-refractivity contribution in [2.75, 3.05) is 6.54 Å². The number of rotatable bonds is 3. The maximum absolute atomic E-state index is 4.65. The molecule has 0 aliphatic carbocycles. The Morgan fingerprint density at radius 3 is 2.92 bits per heavy atom. The monoisotopic (exact) mass is 331 g/mol. The van der Waals surface area contributed by atoms with Crippen molar-refractivity contribution in [1.29, 1.82) is 0 Å². The molecule has 0 spiro atoms. The first-order chi connectivity index (χ1) is 11.9. The van der Waals surface area contributed by atoms with Crippen molar-refractivity contribution in [2.45, 2.75) is 6.54 Å². The molecule has 2 aromatic carbocycles. The number of hydrogen-bond acceptors (Lipinski definition) is 3. The van der Waals surface area contributed by atoms with E-state index in [1.807, 2.05) is 30.5 Å². The molecule has 1 aliphatic heterocycles. The lowest BCUT2D eigenvalue weighted by Gasteiger charge is -1.99. The molecule has 4 rings (SSSR count). The van der Waals surface area contributed by atoms with Gasteiger partial charge in [-0.05, 0) is 35.4 Å². The Morgan fingerprint density at radius 2 is 2.00 bits per heavy atom. The molecule has 3 aromatic rings.